The van der Waals surface area contributed by atoms with Gasteiger partial charge in [-0.05, 0) is 19.3 Å². The van der Waals surface area contributed by atoms with Crippen molar-refractivity contribution in [2.45, 2.75) is 39.7 Å². The second-order valence-corrected chi connectivity index (χ2v) is 5.12. The molecular weight excluding hydrogens is 248 g/mol. The molecule has 0 aromatic rings. The van der Waals surface area contributed by atoms with E-state index < -0.39 is 5.97 Å². The van der Waals surface area contributed by atoms with Crippen molar-refractivity contribution in [1.82, 2.24) is 10.2 Å². The number of aliphatic carboxylic acids is 1. The molecule has 0 bridgehead atoms. The van der Waals surface area contributed by atoms with Gasteiger partial charge in [-0.15, -0.1) is 0 Å². The van der Waals surface area contributed by atoms with Crippen LogP contribution in [0.25, 0.3) is 0 Å². The molecule has 0 spiro atoms. The van der Waals surface area contributed by atoms with Gasteiger partial charge in [0.05, 0.1) is 6.61 Å². The molecule has 0 aromatic heterocycles. The second kappa shape index (κ2) is 9.61. The highest BCUT2D eigenvalue weighted by Crippen LogP contribution is 2.02. The smallest absolute Gasteiger partial charge is 0.317 e. The van der Waals surface area contributed by atoms with E-state index >= 15 is 0 Å². The summed E-state index contributed by atoms with van der Waals surface area (Å²) in [7, 11) is 1.60. The highest BCUT2D eigenvalue weighted by atomic mass is 16.5. The van der Waals surface area contributed by atoms with Crippen LogP contribution in [0.4, 0.5) is 4.79 Å². The Morgan fingerprint density at radius 1 is 1.32 bits per heavy atom. The maximum Gasteiger partial charge on any atom is 0.317 e. The first-order chi connectivity index (χ1) is 8.86. The van der Waals surface area contributed by atoms with Crippen molar-refractivity contribution in [2.24, 2.45) is 5.92 Å². The Morgan fingerprint density at radius 2 is 1.95 bits per heavy atom. The number of nitrogens with zero attached hydrogens (tertiary/aromatic N) is 1. The van der Waals surface area contributed by atoms with E-state index in [0.29, 0.717) is 32.0 Å². The van der Waals surface area contributed by atoms with E-state index in [1.54, 1.807) is 12.0 Å². The molecule has 19 heavy (non-hydrogen) atoms. The van der Waals surface area contributed by atoms with Gasteiger partial charge < -0.3 is 20.1 Å². The minimum absolute atomic E-state index is 0.0592. The number of methoxy groups -OCH3 is 1. The largest absolute Gasteiger partial charge is 0.481 e. The third-order valence-corrected chi connectivity index (χ3v) is 2.60. The molecule has 0 aliphatic rings. The fourth-order valence-corrected chi connectivity index (χ4v) is 1.63. The highest BCUT2D eigenvalue weighted by Gasteiger charge is 2.17. The molecule has 2 N–H and O–H groups in total. The first-order valence-corrected chi connectivity index (χ1v) is 6.63. The SMILES string of the molecule is COCCN(CC(C)C)C(=O)NC(C)CCC(=O)O. The predicted molar refractivity (Wildman–Crippen MR) is 73.2 cm³/mol. The molecule has 112 valence electrons. The van der Waals surface area contributed by atoms with Gasteiger partial charge in [-0.1, -0.05) is 13.8 Å². The van der Waals surface area contributed by atoms with E-state index in [-0.39, 0.29) is 18.5 Å². The zero-order valence-corrected chi connectivity index (χ0v) is 12.3. The Balaban J connectivity index is 4.24. The second-order valence-electron chi connectivity index (χ2n) is 5.12. The van der Waals surface area contributed by atoms with Crippen LogP contribution in [0.3, 0.4) is 0 Å². The fourth-order valence-electron chi connectivity index (χ4n) is 1.63. The first kappa shape index (κ1) is 17.7. The number of carbonyl (C=O) groups is 2. The quantitative estimate of drug-likeness (QED) is 0.668. The lowest BCUT2D eigenvalue weighted by Crippen LogP contribution is -2.46. The molecule has 1 unspecified atom stereocenters. The number of carboxylic acid groups (broad SMARTS) is 1. The summed E-state index contributed by atoms with van der Waals surface area (Å²) in [6, 6.07) is -0.315. The van der Waals surface area contributed by atoms with Gasteiger partial charge in [-0.2, -0.15) is 0 Å². The van der Waals surface area contributed by atoms with E-state index in [1.165, 1.54) is 0 Å². The number of amides is 2. The van der Waals surface area contributed by atoms with Crippen LogP contribution in [-0.2, 0) is 9.53 Å². The van der Waals surface area contributed by atoms with Crippen molar-refractivity contribution < 1.29 is 19.4 Å². The van der Waals surface area contributed by atoms with E-state index in [2.05, 4.69) is 5.32 Å². The van der Waals surface area contributed by atoms with Crippen LogP contribution in [-0.4, -0.2) is 54.9 Å². The van der Waals surface area contributed by atoms with Gasteiger partial charge >= 0.3 is 12.0 Å². The number of carbonyl (C=O) groups excluding carboxylic acids is 1. The van der Waals surface area contributed by atoms with Crippen LogP contribution in [0, 0.1) is 5.92 Å². The van der Waals surface area contributed by atoms with Crippen molar-refractivity contribution >= 4 is 12.0 Å². The normalized spacial score (nSPS) is 12.3. The lowest BCUT2D eigenvalue weighted by atomic mass is 10.2. The van der Waals surface area contributed by atoms with Crippen molar-refractivity contribution in [2.75, 3.05) is 26.8 Å². The number of hydrogen-bond donors (Lipinski definition) is 2. The van der Waals surface area contributed by atoms with Gasteiger partial charge in [-0.25, -0.2) is 4.79 Å². The molecule has 6 nitrogen and oxygen atoms in total. The average Bonchev–Trinajstić information content (AvgIpc) is 2.31. The molecule has 2 amide bonds. The lowest BCUT2D eigenvalue weighted by molar-refractivity contribution is -0.137. The summed E-state index contributed by atoms with van der Waals surface area (Å²) in [6.07, 6.45) is 0.491. The van der Waals surface area contributed by atoms with Crippen molar-refractivity contribution in [3.05, 3.63) is 0 Å². The average molecular weight is 274 g/mol. The molecule has 0 aromatic carbocycles. The molecule has 0 rings (SSSR count). The van der Waals surface area contributed by atoms with E-state index in [9.17, 15) is 9.59 Å². The zero-order chi connectivity index (χ0) is 14.8. The number of urea groups is 1. The monoisotopic (exact) mass is 274 g/mol. The molecular formula is C13H26N2O4. The molecule has 1 atom stereocenters. The van der Waals surface area contributed by atoms with Gasteiger partial charge in [0.1, 0.15) is 0 Å². The van der Waals surface area contributed by atoms with Crippen molar-refractivity contribution in [3.8, 4) is 0 Å². The summed E-state index contributed by atoms with van der Waals surface area (Å²) in [6.45, 7) is 7.57. The van der Waals surface area contributed by atoms with Crippen molar-refractivity contribution in [1.29, 1.82) is 0 Å². The summed E-state index contributed by atoms with van der Waals surface area (Å²) in [5, 5.41) is 11.4. The highest BCUT2D eigenvalue weighted by molar-refractivity contribution is 5.74. The van der Waals surface area contributed by atoms with Crippen LogP contribution >= 0.6 is 0 Å². The van der Waals surface area contributed by atoms with Gasteiger partial charge in [0.25, 0.3) is 0 Å². The number of ether oxygens (including phenoxy) is 1. The minimum atomic E-state index is -0.848. The molecule has 0 radical (unpaired) electrons. The minimum Gasteiger partial charge on any atom is -0.481 e. The summed E-state index contributed by atoms with van der Waals surface area (Å²) in [4.78, 5) is 24.2. The number of rotatable bonds is 9. The van der Waals surface area contributed by atoms with Crippen LogP contribution in [0.1, 0.15) is 33.6 Å². The lowest BCUT2D eigenvalue weighted by Gasteiger charge is -2.26. The van der Waals surface area contributed by atoms with Gasteiger partial charge in [-0.3, -0.25) is 4.79 Å². The van der Waals surface area contributed by atoms with Crippen LogP contribution < -0.4 is 5.32 Å². The number of carboxylic acids is 1. The third-order valence-electron chi connectivity index (χ3n) is 2.60. The Bertz CT molecular complexity index is 282. The molecule has 0 saturated heterocycles. The molecule has 0 fully saturated rings. The Labute approximate surface area is 115 Å². The topological polar surface area (TPSA) is 78.9 Å². The van der Waals surface area contributed by atoms with E-state index in [0.717, 1.165) is 0 Å². The summed E-state index contributed by atoms with van der Waals surface area (Å²) < 4.78 is 4.99. The fraction of sp³-hybridized carbons (Fsp3) is 0.846. The van der Waals surface area contributed by atoms with Gasteiger partial charge in [0.2, 0.25) is 0 Å². The maximum absolute atomic E-state index is 12.1. The molecule has 0 heterocycles. The van der Waals surface area contributed by atoms with Gasteiger partial charge in [0, 0.05) is 32.7 Å². The Kier molecular flexibility index (Phi) is 8.95. The first-order valence-electron chi connectivity index (χ1n) is 6.63. The third kappa shape index (κ3) is 9.30. The summed E-state index contributed by atoms with van der Waals surface area (Å²) >= 11 is 0. The Hall–Kier alpha value is -1.30. The number of nitrogens with one attached hydrogen (secondary N) is 1. The van der Waals surface area contributed by atoms with Crippen LogP contribution in [0.2, 0.25) is 0 Å². The summed E-state index contributed by atoms with van der Waals surface area (Å²) in [5.41, 5.74) is 0. The van der Waals surface area contributed by atoms with E-state index in [4.69, 9.17) is 9.84 Å². The number of hydrogen-bond acceptors (Lipinski definition) is 3. The maximum atomic E-state index is 12.1. The predicted octanol–water partition coefficient (Wildman–Crippen LogP) is 1.55. The standard InChI is InChI=1S/C13H26N2O4/c1-10(2)9-15(7-8-19-4)13(18)14-11(3)5-6-12(16)17/h10-11H,5-9H2,1-4H3,(H,14,18)(H,16,17). The Morgan fingerprint density at radius 3 is 2.42 bits per heavy atom. The summed E-state index contributed by atoms with van der Waals surface area (Å²) in [5.74, 6) is -0.476. The van der Waals surface area contributed by atoms with Crippen molar-refractivity contribution in [3.63, 3.8) is 0 Å². The molecule has 0 aliphatic carbocycles. The van der Waals surface area contributed by atoms with Crippen LogP contribution in [0.15, 0.2) is 0 Å². The zero-order valence-electron chi connectivity index (χ0n) is 12.3. The van der Waals surface area contributed by atoms with Crippen LogP contribution in [0.5, 0.6) is 0 Å². The molecule has 0 aliphatic heterocycles. The van der Waals surface area contributed by atoms with E-state index in [1.807, 2.05) is 20.8 Å². The molecule has 6 heteroatoms. The van der Waals surface area contributed by atoms with Gasteiger partial charge in [0.15, 0.2) is 0 Å². The molecule has 0 saturated carbocycles.